The van der Waals surface area contributed by atoms with Gasteiger partial charge in [0.05, 0.1) is 17.5 Å². The second-order valence-corrected chi connectivity index (χ2v) is 10.2. The fraction of sp³-hybridized carbons (Fsp3) is 0.500. The first-order chi connectivity index (χ1) is 14.4. The molecule has 8 heteroatoms. The lowest BCUT2D eigenvalue weighted by molar-refractivity contribution is -0.133. The molecule has 0 radical (unpaired) electrons. The molecule has 0 bridgehead atoms. The molecule has 0 spiro atoms. The van der Waals surface area contributed by atoms with Crippen LogP contribution in [0.4, 0.5) is 0 Å². The molecule has 1 aromatic carbocycles. The van der Waals surface area contributed by atoms with Crippen LogP contribution in [-0.4, -0.2) is 72.3 Å². The number of likely N-dealkylation sites (tertiary alicyclic amines) is 1. The van der Waals surface area contributed by atoms with E-state index in [4.69, 9.17) is 0 Å². The van der Waals surface area contributed by atoms with Gasteiger partial charge in [0.1, 0.15) is 0 Å². The molecule has 2 aromatic rings. The number of aryl methyl sites for hydroxylation is 2. The molecule has 4 rings (SSSR count). The van der Waals surface area contributed by atoms with Crippen molar-refractivity contribution in [2.45, 2.75) is 30.7 Å². The Morgan fingerprint density at radius 3 is 2.37 bits per heavy atom. The van der Waals surface area contributed by atoms with Gasteiger partial charge in [-0.1, -0.05) is 17.7 Å². The fourth-order valence-corrected chi connectivity index (χ4v) is 5.90. The molecular weight excluding hydrogens is 400 g/mol. The number of carbonyl (C=O) groups excluding carboxylic acids is 1. The van der Waals surface area contributed by atoms with Crippen molar-refractivity contribution in [2.24, 2.45) is 7.05 Å². The Kier molecular flexibility index (Phi) is 5.99. The van der Waals surface area contributed by atoms with E-state index in [1.807, 2.05) is 43.3 Å². The predicted molar refractivity (Wildman–Crippen MR) is 115 cm³/mol. The zero-order chi connectivity index (χ0) is 21.3. The molecule has 2 aliphatic heterocycles. The topological polar surface area (TPSA) is 65.9 Å². The summed E-state index contributed by atoms with van der Waals surface area (Å²) >= 11 is 0. The molecule has 1 amide bonds. The fourth-order valence-electron chi connectivity index (χ4n) is 4.48. The van der Waals surface area contributed by atoms with E-state index in [1.165, 1.54) is 10.00 Å². The largest absolute Gasteiger partial charge is 0.353 e. The van der Waals surface area contributed by atoms with E-state index in [1.54, 1.807) is 12.1 Å². The lowest BCUT2D eigenvalue weighted by atomic mass is 10.1. The summed E-state index contributed by atoms with van der Waals surface area (Å²) in [6.45, 7) is 4.79. The van der Waals surface area contributed by atoms with E-state index < -0.39 is 10.0 Å². The number of aromatic nitrogens is 1. The van der Waals surface area contributed by atoms with E-state index in [2.05, 4.69) is 15.5 Å². The molecule has 2 aliphatic rings. The van der Waals surface area contributed by atoms with Crippen molar-refractivity contribution >= 4 is 15.9 Å². The normalized spacial score (nSPS) is 21.3. The van der Waals surface area contributed by atoms with Crippen LogP contribution in [0.25, 0.3) is 0 Å². The average molecular weight is 431 g/mol. The molecule has 0 N–H and O–H groups in total. The number of hydrogen-bond acceptors (Lipinski definition) is 4. The second kappa shape index (κ2) is 8.53. The van der Waals surface area contributed by atoms with Crippen LogP contribution in [0.2, 0.25) is 0 Å². The van der Waals surface area contributed by atoms with Crippen LogP contribution in [0.1, 0.15) is 30.1 Å². The predicted octanol–water partition coefficient (Wildman–Crippen LogP) is 2.00. The molecule has 1 aromatic heterocycles. The molecule has 0 aliphatic carbocycles. The van der Waals surface area contributed by atoms with Gasteiger partial charge in [-0.2, -0.15) is 4.31 Å². The summed E-state index contributed by atoms with van der Waals surface area (Å²) in [5.74, 6) is 0.0866. The third-order valence-electron chi connectivity index (χ3n) is 6.28. The van der Waals surface area contributed by atoms with Crippen molar-refractivity contribution in [1.82, 2.24) is 18.7 Å². The van der Waals surface area contributed by atoms with Crippen molar-refractivity contribution < 1.29 is 13.2 Å². The van der Waals surface area contributed by atoms with Crippen molar-refractivity contribution in [3.05, 3.63) is 53.9 Å². The zero-order valence-corrected chi connectivity index (χ0v) is 18.5. The lowest BCUT2D eigenvalue weighted by Gasteiger charge is -2.35. The van der Waals surface area contributed by atoms with Gasteiger partial charge in [0.25, 0.3) is 0 Å². The Hall–Kier alpha value is -2.16. The van der Waals surface area contributed by atoms with Gasteiger partial charge in [0.15, 0.2) is 0 Å². The summed E-state index contributed by atoms with van der Waals surface area (Å²) in [4.78, 5) is 17.3. The van der Waals surface area contributed by atoms with Crippen LogP contribution in [0.5, 0.6) is 0 Å². The SMILES string of the molecule is Cc1ccc(S(=O)(=O)N2CCN(C(=O)CN3CCCC3c3cccn3C)CC2)cc1. The lowest BCUT2D eigenvalue weighted by Crippen LogP contribution is -2.52. The minimum Gasteiger partial charge on any atom is -0.353 e. The molecule has 2 saturated heterocycles. The monoisotopic (exact) mass is 430 g/mol. The quantitative estimate of drug-likeness (QED) is 0.728. The number of piperazine rings is 1. The van der Waals surface area contributed by atoms with Gasteiger partial charge in [0.2, 0.25) is 15.9 Å². The summed E-state index contributed by atoms with van der Waals surface area (Å²) in [5.41, 5.74) is 2.27. The van der Waals surface area contributed by atoms with Gasteiger partial charge in [-0.25, -0.2) is 8.42 Å². The third kappa shape index (κ3) is 4.17. The number of rotatable bonds is 5. The molecular formula is C22H30N4O3S. The first kappa shape index (κ1) is 21.1. The van der Waals surface area contributed by atoms with E-state index in [0.29, 0.717) is 37.6 Å². The Labute approximate surface area is 178 Å². The molecule has 1 atom stereocenters. The van der Waals surface area contributed by atoms with Crippen LogP contribution in [0, 0.1) is 6.92 Å². The van der Waals surface area contributed by atoms with Crippen molar-refractivity contribution in [3.8, 4) is 0 Å². The summed E-state index contributed by atoms with van der Waals surface area (Å²) < 4.78 is 29.4. The molecule has 162 valence electrons. The van der Waals surface area contributed by atoms with Crippen LogP contribution in [-0.2, 0) is 21.9 Å². The van der Waals surface area contributed by atoms with Gasteiger partial charge in [-0.3, -0.25) is 9.69 Å². The van der Waals surface area contributed by atoms with Crippen LogP contribution < -0.4 is 0 Å². The number of carbonyl (C=O) groups is 1. The molecule has 30 heavy (non-hydrogen) atoms. The standard InChI is InChI=1S/C22H30N4O3S/c1-18-7-9-19(10-8-18)30(28,29)26-15-13-24(14-16-26)22(27)17-25-12-4-6-21(25)20-5-3-11-23(20)2/h3,5,7-11,21H,4,6,12-17H2,1-2H3. The van der Waals surface area contributed by atoms with E-state index >= 15 is 0 Å². The van der Waals surface area contributed by atoms with Crippen molar-refractivity contribution in [1.29, 1.82) is 0 Å². The number of benzene rings is 1. The minimum absolute atomic E-state index is 0.0866. The number of hydrogen-bond donors (Lipinski definition) is 0. The van der Waals surface area contributed by atoms with Crippen LogP contribution in [0.3, 0.4) is 0 Å². The number of nitrogens with zero attached hydrogens (tertiary/aromatic N) is 4. The minimum atomic E-state index is -3.51. The smallest absolute Gasteiger partial charge is 0.243 e. The first-order valence-corrected chi connectivity index (χ1v) is 12.0. The average Bonchev–Trinajstić information content (AvgIpc) is 3.36. The van der Waals surface area contributed by atoms with Crippen molar-refractivity contribution in [2.75, 3.05) is 39.3 Å². The zero-order valence-electron chi connectivity index (χ0n) is 17.7. The summed E-state index contributed by atoms with van der Waals surface area (Å²) in [7, 11) is -1.47. The molecule has 0 saturated carbocycles. The Morgan fingerprint density at radius 2 is 1.73 bits per heavy atom. The summed E-state index contributed by atoms with van der Waals surface area (Å²) in [5, 5.41) is 0. The van der Waals surface area contributed by atoms with Crippen LogP contribution in [0.15, 0.2) is 47.5 Å². The number of sulfonamides is 1. The van der Waals surface area contributed by atoms with Crippen molar-refractivity contribution in [3.63, 3.8) is 0 Å². The van der Waals surface area contributed by atoms with Gasteiger partial charge >= 0.3 is 0 Å². The Balaban J connectivity index is 1.35. The molecule has 1 unspecified atom stereocenters. The maximum absolute atomic E-state index is 12.9. The second-order valence-electron chi connectivity index (χ2n) is 8.27. The molecule has 2 fully saturated rings. The van der Waals surface area contributed by atoms with E-state index in [9.17, 15) is 13.2 Å². The summed E-state index contributed by atoms with van der Waals surface area (Å²) in [6.07, 6.45) is 4.20. The van der Waals surface area contributed by atoms with E-state index in [-0.39, 0.29) is 11.9 Å². The highest BCUT2D eigenvalue weighted by Gasteiger charge is 2.33. The highest BCUT2D eigenvalue weighted by atomic mass is 32.2. The third-order valence-corrected chi connectivity index (χ3v) is 8.19. The Bertz CT molecular complexity index is 992. The number of amides is 1. The summed E-state index contributed by atoms with van der Waals surface area (Å²) in [6, 6.07) is 11.4. The Morgan fingerprint density at radius 1 is 1.03 bits per heavy atom. The molecule has 3 heterocycles. The van der Waals surface area contributed by atoms with Gasteiger partial charge in [0, 0.05) is 45.1 Å². The van der Waals surface area contributed by atoms with Crippen LogP contribution >= 0.6 is 0 Å². The van der Waals surface area contributed by atoms with Gasteiger partial charge < -0.3 is 9.47 Å². The maximum atomic E-state index is 12.9. The first-order valence-electron chi connectivity index (χ1n) is 10.6. The van der Waals surface area contributed by atoms with E-state index in [0.717, 1.165) is 24.9 Å². The highest BCUT2D eigenvalue weighted by Crippen LogP contribution is 2.31. The maximum Gasteiger partial charge on any atom is 0.243 e. The van der Waals surface area contributed by atoms with Gasteiger partial charge in [-0.15, -0.1) is 0 Å². The highest BCUT2D eigenvalue weighted by molar-refractivity contribution is 7.89. The van der Waals surface area contributed by atoms with Gasteiger partial charge in [-0.05, 0) is 50.6 Å². The molecule has 7 nitrogen and oxygen atoms in total.